The number of nitrogens with zero attached hydrogens (tertiary/aromatic N) is 2. The molecule has 0 aliphatic carbocycles. The van der Waals surface area contributed by atoms with Crippen LogP contribution in [-0.4, -0.2) is 21.2 Å². The summed E-state index contributed by atoms with van der Waals surface area (Å²) in [4.78, 5) is 15.6. The van der Waals surface area contributed by atoms with E-state index in [1.165, 1.54) is 6.92 Å². The zero-order valence-electron chi connectivity index (χ0n) is 10.7. The normalized spacial score (nSPS) is 11.9. The average molecular weight is 256 g/mol. The SMILES string of the molecule is CC(=O)N(O)C(Cc1ccccc1)c1ccccn1. The Labute approximate surface area is 112 Å². The lowest BCUT2D eigenvalue weighted by atomic mass is 10.0. The molecule has 0 aliphatic heterocycles. The Morgan fingerprint density at radius 3 is 2.47 bits per heavy atom. The van der Waals surface area contributed by atoms with Gasteiger partial charge in [0.1, 0.15) is 6.04 Å². The number of benzene rings is 1. The molecule has 1 unspecified atom stereocenters. The number of hydrogen-bond donors (Lipinski definition) is 1. The molecule has 98 valence electrons. The van der Waals surface area contributed by atoms with Crippen LogP contribution in [0.4, 0.5) is 0 Å². The number of carbonyl (C=O) groups excluding carboxylic acids is 1. The predicted molar refractivity (Wildman–Crippen MR) is 71.4 cm³/mol. The first-order valence-corrected chi connectivity index (χ1v) is 6.12. The van der Waals surface area contributed by atoms with E-state index in [0.29, 0.717) is 12.1 Å². The summed E-state index contributed by atoms with van der Waals surface area (Å²) in [5.41, 5.74) is 1.71. The highest BCUT2D eigenvalue weighted by Gasteiger charge is 2.22. The van der Waals surface area contributed by atoms with Crippen LogP contribution in [-0.2, 0) is 11.2 Å². The number of carbonyl (C=O) groups is 1. The molecule has 4 heteroatoms. The van der Waals surface area contributed by atoms with Crippen molar-refractivity contribution in [3.8, 4) is 0 Å². The quantitative estimate of drug-likeness (QED) is 0.675. The lowest BCUT2D eigenvalue weighted by Crippen LogP contribution is -2.31. The summed E-state index contributed by atoms with van der Waals surface area (Å²) >= 11 is 0. The Morgan fingerprint density at radius 1 is 1.21 bits per heavy atom. The maximum Gasteiger partial charge on any atom is 0.243 e. The zero-order valence-corrected chi connectivity index (χ0v) is 10.7. The Balaban J connectivity index is 2.27. The van der Waals surface area contributed by atoms with Gasteiger partial charge in [0.15, 0.2) is 0 Å². The van der Waals surface area contributed by atoms with Gasteiger partial charge in [-0.05, 0) is 17.7 Å². The van der Waals surface area contributed by atoms with E-state index >= 15 is 0 Å². The largest absolute Gasteiger partial charge is 0.285 e. The Hall–Kier alpha value is -2.20. The van der Waals surface area contributed by atoms with Gasteiger partial charge in [0.25, 0.3) is 0 Å². The van der Waals surface area contributed by atoms with E-state index in [-0.39, 0.29) is 0 Å². The van der Waals surface area contributed by atoms with Crippen molar-refractivity contribution in [3.05, 3.63) is 66.0 Å². The highest BCUT2D eigenvalue weighted by molar-refractivity contribution is 5.72. The summed E-state index contributed by atoms with van der Waals surface area (Å²) in [5, 5.41) is 10.7. The molecule has 0 aliphatic rings. The van der Waals surface area contributed by atoms with Crippen molar-refractivity contribution < 1.29 is 10.0 Å². The summed E-state index contributed by atoms with van der Waals surface area (Å²) in [6.45, 7) is 1.33. The molecule has 0 fully saturated rings. The van der Waals surface area contributed by atoms with Crippen LogP contribution in [0.2, 0.25) is 0 Å². The average Bonchev–Trinajstić information content (AvgIpc) is 2.46. The van der Waals surface area contributed by atoms with Gasteiger partial charge in [0, 0.05) is 19.5 Å². The lowest BCUT2D eigenvalue weighted by Gasteiger charge is -2.24. The molecule has 1 amide bonds. The van der Waals surface area contributed by atoms with Crippen molar-refractivity contribution in [1.29, 1.82) is 0 Å². The summed E-state index contributed by atoms with van der Waals surface area (Å²) in [6.07, 6.45) is 2.18. The van der Waals surface area contributed by atoms with E-state index in [1.54, 1.807) is 18.3 Å². The summed E-state index contributed by atoms with van der Waals surface area (Å²) < 4.78 is 0. The van der Waals surface area contributed by atoms with Gasteiger partial charge in [-0.3, -0.25) is 15.0 Å². The molecule has 0 radical (unpaired) electrons. The molecule has 1 aromatic heterocycles. The van der Waals surface area contributed by atoms with Gasteiger partial charge in [-0.25, -0.2) is 5.06 Å². The Bertz CT molecular complexity index is 528. The number of hydrogen-bond acceptors (Lipinski definition) is 3. The molecule has 1 aromatic carbocycles. The van der Waals surface area contributed by atoms with Crippen LogP contribution in [0.3, 0.4) is 0 Å². The van der Waals surface area contributed by atoms with Crippen LogP contribution < -0.4 is 0 Å². The summed E-state index contributed by atoms with van der Waals surface area (Å²) in [6, 6.07) is 14.7. The second-order valence-electron chi connectivity index (χ2n) is 4.32. The summed E-state index contributed by atoms with van der Waals surface area (Å²) in [5.74, 6) is -0.397. The van der Waals surface area contributed by atoms with Crippen LogP contribution in [0, 0.1) is 0 Å². The first kappa shape index (κ1) is 13.2. The van der Waals surface area contributed by atoms with Crippen molar-refractivity contribution in [3.63, 3.8) is 0 Å². The third kappa shape index (κ3) is 3.39. The molecule has 2 rings (SSSR count). The van der Waals surface area contributed by atoms with Gasteiger partial charge in [-0.2, -0.15) is 0 Å². The van der Waals surface area contributed by atoms with Gasteiger partial charge in [0.05, 0.1) is 5.69 Å². The molecule has 0 saturated heterocycles. The predicted octanol–water partition coefficient (Wildman–Crippen LogP) is 2.60. The molecular weight excluding hydrogens is 240 g/mol. The van der Waals surface area contributed by atoms with Gasteiger partial charge in [-0.15, -0.1) is 0 Å². The number of rotatable bonds is 4. The van der Waals surface area contributed by atoms with Crippen LogP contribution in [0.5, 0.6) is 0 Å². The minimum Gasteiger partial charge on any atom is -0.285 e. The smallest absolute Gasteiger partial charge is 0.243 e. The zero-order chi connectivity index (χ0) is 13.7. The standard InChI is InChI=1S/C15H16N2O2/c1-12(18)17(19)15(14-9-5-6-10-16-14)11-13-7-3-2-4-8-13/h2-10,15,19H,11H2,1H3. The number of pyridine rings is 1. The molecule has 19 heavy (non-hydrogen) atoms. The summed E-state index contributed by atoms with van der Waals surface area (Å²) in [7, 11) is 0. The van der Waals surface area contributed by atoms with Crippen LogP contribution in [0.1, 0.15) is 24.2 Å². The number of hydroxylamine groups is 2. The first-order chi connectivity index (χ1) is 9.18. The van der Waals surface area contributed by atoms with Crippen LogP contribution >= 0.6 is 0 Å². The van der Waals surface area contributed by atoms with Crippen molar-refractivity contribution in [2.24, 2.45) is 0 Å². The van der Waals surface area contributed by atoms with Crippen LogP contribution in [0.25, 0.3) is 0 Å². The van der Waals surface area contributed by atoms with E-state index < -0.39 is 11.9 Å². The Kier molecular flexibility index (Phi) is 4.26. The monoisotopic (exact) mass is 256 g/mol. The fourth-order valence-corrected chi connectivity index (χ4v) is 1.95. The lowest BCUT2D eigenvalue weighted by molar-refractivity contribution is -0.174. The molecule has 2 aromatic rings. The van der Waals surface area contributed by atoms with Crippen molar-refractivity contribution in [1.82, 2.24) is 10.0 Å². The van der Waals surface area contributed by atoms with E-state index in [0.717, 1.165) is 10.6 Å². The van der Waals surface area contributed by atoms with E-state index in [4.69, 9.17) is 0 Å². The third-order valence-corrected chi connectivity index (χ3v) is 2.92. The molecule has 1 N–H and O–H groups in total. The fourth-order valence-electron chi connectivity index (χ4n) is 1.95. The Morgan fingerprint density at radius 2 is 1.89 bits per heavy atom. The molecule has 0 spiro atoms. The number of amides is 1. The second kappa shape index (κ2) is 6.11. The molecule has 1 atom stereocenters. The third-order valence-electron chi connectivity index (χ3n) is 2.92. The van der Waals surface area contributed by atoms with E-state index in [1.807, 2.05) is 36.4 Å². The second-order valence-corrected chi connectivity index (χ2v) is 4.32. The van der Waals surface area contributed by atoms with Gasteiger partial charge < -0.3 is 0 Å². The minimum atomic E-state index is -0.471. The molecular formula is C15H16N2O2. The van der Waals surface area contributed by atoms with Gasteiger partial charge >= 0.3 is 0 Å². The molecule has 0 bridgehead atoms. The van der Waals surface area contributed by atoms with Gasteiger partial charge in [0.2, 0.25) is 5.91 Å². The first-order valence-electron chi connectivity index (χ1n) is 6.12. The minimum absolute atomic E-state index is 0.397. The van der Waals surface area contributed by atoms with E-state index in [9.17, 15) is 10.0 Å². The maximum absolute atomic E-state index is 11.4. The van der Waals surface area contributed by atoms with Crippen molar-refractivity contribution >= 4 is 5.91 Å². The van der Waals surface area contributed by atoms with Crippen molar-refractivity contribution in [2.75, 3.05) is 0 Å². The molecule has 1 heterocycles. The molecule has 0 saturated carbocycles. The van der Waals surface area contributed by atoms with Gasteiger partial charge in [-0.1, -0.05) is 36.4 Å². The van der Waals surface area contributed by atoms with Crippen molar-refractivity contribution in [2.45, 2.75) is 19.4 Å². The molecule has 4 nitrogen and oxygen atoms in total. The number of aromatic nitrogens is 1. The topological polar surface area (TPSA) is 53.4 Å². The van der Waals surface area contributed by atoms with E-state index in [2.05, 4.69) is 4.98 Å². The van der Waals surface area contributed by atoms with Crippen LogP contribution in [0.15, 0.2) is 54.7 Å². The highest BCUT2D eigenvalue weighted by atomic mass is 16.5. The highest BCUT2D eigenvalue weighted by Crippen LogP contribution is 2.22. The maximum atomic E-state index is 11.4. The fraction of sp³-hybridized carbons (Fsp3) is 0.200.